The van der Waals surface area contributed by atoms with Crippen molar-refractivity contribution in [3.63, 3.8) is 0 Å². The normalized spacial score (nSPS) is 28.8. The van der Waals surface area contributed by atoms with Crippen LogP contribution in [0.5, 0.6) is 5.75 Å². The number of fused-ring (bicyclic) bond motifs is 2. The van der Waals surface area contributed by atoms with E-state index in [4.69, 9.17) is 21.4 Å². The van der Waals surface area contributed by atoms with Crippen LogP contribution >= 0.6 is 11.6 Å². The Bertz CT molecular complexity index is 777. The second kappa shape index (κ2) is 6.93. The molecule has 2 aliphatic heterocycles. The van der Waals surface area contributed by atoms with E-state index in [1.807, 2.05) is 24.9 Å². The minimum Gasteiger partial charge on any atom is -0.490 e. The zero-order valence-electron chi connectivity index (χ0n) is 14.7. The van der Waals surface area contributed by atoms with Gasteiger partial charge < -0.3 is 14.9 Å². The summed E-state index contributed by atoms with van der Waals surface area (Å²) in [4.78, 5) is 25.0. The summed E-state index contributed by atoms with van der Waals surface area (Å²) in [5.74, 6) is -1.75. The van der Waals surface area contributed by atoms with Gasteiger partial charge in [0.1, 0.15) is 11.9 Å². The van der Waals surface area contributed by atoms with Crippen molar-refractivity contribution in [1.29, 1.82) is 0 Å². The number of benzene rings is 1. The fraction of sp³-hybridized carbons (Fsp3) is 0.474. The van der Waals surface area contributed by atoms with Crippen molar-refractivity contribution in [3.8, 4) is 5.75 Å². The first-order valence-corrected chi connectivity index (χ1v) is 8.95. The predicted octanol–water partition coefficient (Wildman–Crippen LogP) is 3.12. The van der Waals surface area contributed by atoms with Crippen LogP contribution in [0.1, 0.15) is 31.2 Å². The fourth-order valence-corrected chi connectivity index (χ4v) is 4.45. The number of aryl methyl sites for hydroxylation is 1. The van der Waals surface area contributed by atoms with Gasteiger partial charge in [0.25, 0.3) is 0 Å². The van der Waals surface area contributed by atoms with Gasteiger partial charge in [-0.3, -0.25) is 4.90 Å². The van der Waals surface area contributed by atoms with Crippen molar-refractivity contribution in [3.05, 3.63) is 40.4 Å². The molecule has 0 aromatic heterocycles. The van der Waals surface area contributed by atoms with Gasteiger partial charge in [0, 0.05) is 23.6 Å². The number of likely N-dealkylation sites (N-methyl/N-ethyl adjacent to an activating group) is 1. The summed E-state index contributed by atoms with van der Waals surface area (Å²) in [5.41, 5.74) is 0.0154. The Labute approximate surface area is 157 Å². The maximum atomic E-state index is 11.8. The molecule has 3 unspecified atom stereocenters. The van der Waals surface area contributed by atoms with E-state index in [0.29, 0.717) is 23.6 Å². The Kier molecular flexibility index (Phi) is 4.99. The highest BCUT2D eigenvalue weighted by Crippen LogP contribution is 2.48. The first-order valence-electron chi connectivity index (χ1n) is 8.57. The number of ether oxygens (including phenoxy) is 1. The summed E-state index contributed by atoms with van der Waals surface area (Å²) in [5, 5.41) is 19.4. The molecule has 26 heavy (non-hydrogen) atoms. The van der Waals surface area contributed by atoms with E-state index in [1.54, 1.807) is 12.1 Å². The Morgan fingerprint density at radius 1 is 1.38 bits per heavy atom. The molecule has 1 aromatic carbocycles. The molecule has 2 bridgehead atoms. The molecule has 2 heterocycles. The Hall–Kier alpha value is -2.05. The topological polar surface area (TPSA) is 87.1 Å². The molecule has 0 saturated carbocycles. The third kappa shape index (κ3) is 3.31. The minimum absolute atomic E-state index is 0.0735. The third-order valence-electron chi connectivity index (χ3n) is 5.65. The molecule has 3 rings (SSSR count). The van der Waals surface area contributed by atoms with E-state index < -0.39 is 17.5 Å². The molecule has 0 amide bonds. The van der Waals surface area contributed by atoms with Crippen LogP contribution < -0.4 is 4.74 Å². The number of nitrogens with zero attached hydrogens (tertiary/aromatic N) is 1. The highest BCUT2D eigenvalue weighted by molar-refractivity contribution is 6.31. The lowest BCUT2D eigenvalue weighted by molar-refractivity contribution is -0.137. The van der Waals surface area contributed by atoms with Gasteiger partial charge in [0.2, 0.25) is 0 Å². The standard InChI is InChI=1S/C19H22ClNO5/c1-11-7-13(3-4-16(11)20)26-14-8-12-5-6-19(10-14,21(12)2)15(18(24)25)9-17(22)23/h3-4,7,9,12,14H,5-6,8,10H2,1-2H3,(H,22,23)(H,24,25)/b15-9-. The number of piperidine rings is 1. The average molecular weight is 380 g/mol. The van der Waals surface area contributed by atoms with Gasteiger partial charge in [0.05, 0.1) is 11.1 Å². The van der Waals surface area contributed by atoms with E-state index in [-0.39, 0.29) is 17.7 Å². The van der Waals surface area contributed by atoms with Crippen LogP contribution in [0.15, 0.2) is 29.8 Å². The third-order valence-corrected chi connectivity index (χ3v) is 6.07. The van der Waals surface area contributed by atoms with Crippen LogP contribution in [-0.4, -0.2) is 51.8 Å². The van der Waals surface area contributed by atoms with Crippen LogP contribution in [0.25, 0.3) is 0 Å². The monoisotopic (exact) mass is 379 g/mol. The van der Waals surface area contributed by atoms with Gasteiger partial charge in [-0.1, -0.05) is 11.6 Å². The fourth-order valence-electron chi connectivity index (χ4n) is 4.34. The second-order valence-corrected chi connectivity index (χ2v) is 7.53. The molecule has 0 radical (unpaired) electrons. The predicted molar refractivity (Wildman–Crippen MR) is 96.7 cm³/mol. The van der Waals surface area contributed by atoms with Gasteiger partial charge in [0.15, 0.2) is 0 Å². The largest absolute Gasteiger partial charge is 0.490 e. The highest BCUT2D eigenvalue weighted by Gasteiger charge is 2.54. The van der Waals surface area contributed by atoms with Crippen LogP contribution in [0.3, 0.4) is 0 Å². The van der Waals surface area contributed by atoms with E-state index in [1.165, 1.54) is 0 Å². The first-order chi connectivity index (χ1) is 12.2. The minimum atomic E-state index is -1.25. The second-order valence-electron chi connectivity index (χ2n) is 7.13. The lowest BCUT2D eigenvalue weighted by Gasteiger charge is -2.46. The average Bonchev–Trinajstić information content (AvgIpc) is 2.75. The lowest BCUT2D eigenvalue weighted by Crippen LogP contribution is -2.55. The Morgan fingerprint density at radius 3 is 2.73 bits per heavy atom. The number of aliphatic carboxylic acids is 2. The van der Waals surface area contributed by atoms with Crippen LogP contribution in [0.2, 0.25) is 5.02 Å². The number of halogens is 1. The summed E-state index contributed by atoms with van der Waals surface area (Å²) in [6.45, 7) is 1.90. The summed E-state index contributed by atoms with van der Waals surface area (Å²) in [6, 6.07) is 5.60. The number of carbonyl (C=O) groups is 2. The molecular weight excluding hydrogens is 358 g/mol. The molecule has 6 nitrogen and oxygen atoms in total. The van der Waals surface area contributed by atoms with Crippen LogP contribution in [0.4, 0.5) is 0 Å². The first kappa shape index (κ1) is 18.7. The molecule has 2 fully saturated rings. The molecular formula is C19H22ClNO5. The number of hydrogen-bond acceptors (Lipinski definition) is 4. The molecule has 3 atom stereocenters. The molecule has 2 aliphatic rings. The maximum absolute atomic E-state index is 11.8. The van der Waals surface area contributed by atoms with Crippen molar-refractivity contribution in [2.45, 2.75) is 50.3 Å². The highest BCUT2D eigenvalue weighted by atomic mass is 35.5. The van der Waals surface area contributed by atoms with Gasteiger partial charge in [-0.15, -0.1) is 0 Å². The smallest absolute Gasteiger partial charge is 0.333 e. The van der Waals surface area contributed by atoms with Gasteiger partial charge >= 0.3 is 11.9 Å². The van der Waals surface area contributed by atoms with E-state index in [0.717, 1.165) is 24.5 Å². The summed E-state index contributed by atoms with van der Waals surface area (Å²) >= 11 is 6.06. The van der Waals surface area contributed by atoms with Crippen LogP contribution in [0, 0.1) is 6.92 Å². The van der Waals surface area contributed by atoms with Gasteiger partial charge in [-0.25, -0.2) is 9.59 Å². The van der Waals surface area contributed by atoms with Crippen molar-refractivity contribution in [2.75, 3.05) is 7.05 Å². The van der Waals surface area contributed by atoms with Gasteiger partial charge in [-0.2, -0.15) is 0 Å². The molecule has 2 saturated heterocycles. The van der Waals surface area contributed by atoms with E-state index in [2.05, 4.69) is 0 Å². The van der Waals surface area contributed by atoms with Crippen molar-refractivity contribution in [2.24, 2.45) is 0 Å². The van der Waals surface area contributed by atoms with E-state index >= 15 is 0 Å². The van der Waals surface area contributed by atoms with Crippen molar-refractivity contribution in [1.82, 2.24) is 4.90 Å². The number of hydrogen-bond donors (Lipinski definition) is 2. The molecule has 2 N–H and O–H groups in total. The number of rotatable bonds is 5. The molecule has 1 aromatic rings. The quantitative estimate of drug-likeness (QED) is 0.764. The Balaban J connectivity index is 1.90. The number of carboxylic acids is 2. The van der Waals surface area contributed by atoms with Gasteiger partial charge in [-0.05, 0) is 57.0 Å². The van der Waals surface area contributed by atoms with E-state index in [9.17, 15) is 14.7 Å². The zero-order chi connectivity index (χ0) is 19.1. The summed E-state index contributed by atoms with van der Waals surface area (Å²) in [7, 11) is 1.87. The van der Waals surface area contributed by atoms with Crippen LogP contribution in [-0.2, 0) is 9.59 Å². The zero-order valence-corrected chi connectivity index (χ0v) is 15.5. The molecule has 7 heteroatoms. The number of carboxylic acid groups (broad SMARTS) is 2. The Morgan fingerprint density at radius 2 is 2.12 bits per heavy atom. The maximum Gasteiger partial charge on any atom is 0.333 e. The molecule has 0 spiro atoms. The van der Waals surface area contributed by atoms with Crippen molar-refractivity contribution < 1.29 is 24.5 Å². The summed E-state index contributed by atoms with van der Waals surface area (Å²) in [6.07, 6.45) is 3.29. The summed E-state index contributed by atoms with van der Waals surface area (Å²) < 4.78 is 6.13. The van der Waals surface area contributed by atoms with Crippen molar-refractivity contribution >= 4 is 23.5 Å². The SMILES string of the molecule is Cc1cc(OC2CC3CCC(/C(=C\C(=O)O)C(=O)O)(C2)N3C)ccc1Cl. The lowest BCUT2D eigenvalue weighted by atomic mass is 9.80. The molecule has 140 valence electrons. The molecule has 0 aliphatic carbocycles.